The summed E-state index contributed by atoms with van der Waals surface area (Å²) in [6.45, 7) is 8.97. The number of morpholine rings is 1. The van der Waals surface area contributed by atoms with E-state index in [0.29, 0.717) is 32.7 Å². The molecule has 0 aliphatic carbocycles. The molecule has 0 spiro atoms. The van der Waals surface area contributed by atoms with Gasteiger partial charge in [-0.1, -0.05) is 18.2 Å². The van der Waals surface area contributed by atoms with Crippen molar-refractivity contribution < 1.29 is 23.7 Å². The maximum Gasteiger partial charge on any atom is 0.409 e. The van der Waals surface area contributed by atoms with Crippen LogP contribution in [0.15, 0.2) is 36.4 Å². The molecular formula is C27H32N2O5. The highest BCUT2D eigenvalue weighted by atomic mass is 16.6. The molecule has 7 heteroatoms. The molecule has 0 radical (unpaired) electrons. The Kier molecular flexibility index (Phi) is 5.90. The van der Waals surface area contributed by atoms with Gasteiger partial charge >= 0.3 is 6.09 Å². The average molecular weight is 465 g/mol. The predicted octanol–water partition coefficient (Wildman–Crippen LogP) is 5.26. The molecule has 0 saturated carbocycles. The predicted molar refractivity (Wildman–Crippen MR) is 132 cm³/mol. The molecule has 1 saturated heterocycles. The Bertz CT molecular complexity index is 1130. The van der Waals surface area contributed by atoms with Gasteiger partial charge in [0.25, 0.3) is 0 Å². The fourth-order valence-corrected chi connectivity index (χ4v) is 5.25. The van der Waals surface area contributed by atoms with Crippen molar-refractivity contribution in [1.82, 2.24) is 4.90 Å². The fourth-order valence-electron chi connectivity index (χ4n) is 5.25. The lowest BCUT2D eigenvalue weighted by molar-refractivity contribution is 0.0237. The van der Waals surface area contributed by atoms with Gasteiger partial charge in [0, 0.05) is 36.3 Å². The van der Waals surface area contributed by atoms with E-state index in [4.69, 9.17) is 18.9 Å². The van der Waals surface area contributed by atoms with Crippen LogP contribution < -0.4 is 14.8 Å². The zero-order valence-electron chi connectivity index (χ0n) is 20.3. The maximum atomic E-state index is 12.5. The van der Waals surface area contributed by atoms with Crippen LogP contribution in [0.25, 0.3) is 16.7 Å². The van der Waals surface area contributed by atoms with Gasteiger partial charge in [0.05, 0.1) is 38.0 Å². The van der Waals surface area contributed by atoms with Gasteiger partial charge in [-0.2, -0.15) is 0 Å². The lowest BCUT2D eigenvalue weighted by Gasteiger charge is -2.37. The largest absolute Gasteiger partial charge is 0.496 e. The number of methoxy groups -OCH3 is 1. The average Bonchev–Trinajstić information content (AvgIpc) is 2.82. The van der Waals surface area contributed by atoms with Crippen molar-refractivity contribution in [3.05, 3.63) is 47.5 Å². The van der Waals surface area contributed by atoms with Crippen molar-refractivity contribution in [3.8, 4) is 22.6 Å². The second-order valence-electron chi connectivity index (χ2n) is 9.57. The van der Waals surface area contributed by atoms with Crippen molar-refractivity contribution >= 4 is 17.4 Å². The van der Waals surface area contributed by atoms with E-state index in [2.05, 4.69) is 44.3 Å². The lowest BCUT2D eigenvalue weighted by atomic mass is 9.81. The summed E-state index contributed by atoms with van der Waals surface area (Å²) in [5, 5.41) is 3.64. The summed E-state index contributed by atoms with van der Waals surface area (Å²) in [5.41, 5.74) is 6.46. The number of nitrogens with zero attached hydrogens (tertiary/aromatic N) is 1. The van der Waals surface area contributed by atoms with Crippen LogP contribution in [0.2, 0.25) is 0 Å². The molecule has 1 N–H and O–H groups in total. The molecule has 1 atom stereocenters. The first kappa shape index (κ1) is 22.6. The Morgan fingerprint density at radius 2 is 1.97 bits per heavy atom. The summed E-state index contributed by atoms with van der Waals surface area (Å²) < 4.78 is 23.2. The number of anilines is 1. The van der Waals surface area contributed by atoms with Crippen LogP contribution in [0.5, 0.6) is 11.5 Å². The molecule has 1 amide bonds. The highest BCUT2D eigenvalue weighted by Crippen LogP contribution is 2.52. The Morgan fingerprint density at radius 3 is 2.74 bits per heavy atom. The van der Waals surface area contributed by atoms with E-state index in [0.717, 1.165) is 39.4 Å². The van der Waals surface area contributed by atoms with Gasteiger partial charge in [0.1, 0.15) is 17.6 Å². The number of benzene rings is 2. The number of carbonyl (C=O) groups excluding carboxylic acids is 1. The van der Waals surface area contributed by atoms with Gasteiger partial charge in [-0.25, -0.2) is 4.79 Å². The molecule has 7 nitrogen and oxygen atoms in total. The highest BCUT2D eigenvalue weighted by Gasteiger charge is 2.35. The molecule has 0 aromatic heterocycles. The molecule has 34 heavy (non-hydrogen) atoms. The summed E-state index contributed by atoms with van der Waals surface area (Å²) in [4.78, 5) is 14.2. The number of carbonyl (C=O) groups is 1. The summed E-state index contributed by atoms with van der Waals surface area (Å²) in [6, 6.07) is 10.2. The van der Waals surface area contributed by atoms with Gasteiger partial charge in [-0.15, -0.1) is 0 Å². The van der Waals surface area contributed by atoms with Gasteiger partial charge in [0.2, 0.25) is 0 Å². The number of rotatable bonds is 4. The number of amides is 1. The monoisotopic (exact) mass is 464 g/mol. The SMILES string of the molecule is COc1cccc2c1-c1ccc3c(c1C(CCOC(=O)N1CCOCC1)O2)C(C)=CC(C)(C)N3. The third-order valence-electron chi connectivity index (χ3n) is 6.62. The smallest absolute Gasteiger partial charge is 0.409 e. The maximum absolute atomic E-state index is 12.5. The van der Waals surface area contributed by atoms with Crippen LogP contribution >= 0.6 is 0 Å². The molecule has 180 valence electrons. The van der Waals surface area contributed by atoms with Crippen LogP contribution in [-0.4, -0.2) is 56.6 Å². The van der Waals surface area contributed by atoms with Crippen molar-refractivity contribution in [3.63, 3.8) is 0 Å². The minimum Gasteiger partial charge on any atom is -0.496 e. The topological polar surface area (TPSA) is 69.3 Å². The summed E-state index contributed by atoms with van der Waals surface area (Å²) >= 11 is 0. The normalized spacial score (nSPS) is 20.1. The van der Waals surface area contributed by atoms with Crippen LogP contribution in [0, 0.1) is 0 Å². The number of hydrogen-bond acceptors (Lipinski definition) is 6. The van der Waals surface area contributed by atoms with Gasteiger partial charge in [-0.05, 0) is 50.1 Å². The quantitative estimate of drug-likeness (QED) is 0.666. The number of allylic oxidation sites excluding steroid dienone is 1. The van der Waals surface area contributed by atoms with E-state index in [1.807, 2.05) is 18.2 Å². The molecule has 5 rings (SSSR count). The van der Waals surface area contributed by atoms with Crippen LogP contribution in [0.4, 0.5) is 10.5 Å². The summed E-state index contributed by atoms with van der Waals surface area (Å²) in [7, 11) is 1.68. The second kappa shape index (κ2) is 8.87. The van der Waals surface area contributed by atoms with Crippen LogP contribution in [0.1, 0.15) is 44.4 Å². The standard InChI is InChI=1S/C27H32N2O5/c1-17-16-27(2,3)28-19-9-8-18-24-20(31-4)6-5-7-21(24)34-22(25(18)23(17)19)10-13-33-26(30)29-11-14-32-15-12-29/h5-9,16,22,28H,10-15H2,1-4H3. The third-order valence-corrected chi connectivity index (χ3v) is 6.62. The minimum absolute atomic E-state index is 0.139. The lowest BCUT2D eigenvalue weighted by Crippen LogP contribution is -2.41. The zero-order valence-corrected chi connectivity index (χ0v) is 20.3. The first-order valence-electron chi connectivity index (χ1n) is 11.9. The van der Waals surface area contributed by atoms with Gasteiger partial charge in [0.15, 0.2) is 0 Å². The second-order valence-corrected chi connectivity index (χ2v) is 9.57. The fraction of sp³-hybridized carbons (Fsp3) is 0.444. The minimum atomic E-state index is -0.295. The number of fused-ring (bicyclic) bond motifs is 5. The van der Waals surface area contributed by atoms with Crippen molar-refractivity contribution in [2.75, 3.05) is 45.3 Å². The Morgan fingerprint density at radius 1 is 1.18 bits per heavy atom. The Labute approximate surface area is 200 Å². The van der Waals surface area contributed by atoms with Crippen molar-refractivity contribution in [1.29, 1.82) is 0 Å². The molecule has 1 unspecified atom stereocenters. The first-order chi connectivity index (χ1) is 16.4. The Balaban J connectivity index is 1.49. The number of ether oxygens (including phenoxy) is 4. The van der Waals surface area contributed by atoms with E-state index in [9.17, 15) is 4.79 Å². The summed E-state index contributed by atoms with van der Waals surface area (Å²) in [5.74, 6) is 1.56. The molecule has 3 heterocycles. The third kappa shape index (κ3) is 4.09. The van der Waals surface area contributed by atoms with Gasteiger partial charge < -0.3 is 29.2 Å². The van der Waals surface area contributed by atoms with E-state index in [-0.39, 0.29) is 24.3 Å². The molecule has 0 bridgehead atoms. The first-order valence-corrected chi connectivity index (χ1v) is 11.9. The van der Waals surface area contributed by atoms with E-state index in [1.54, 1.807) is 12.0 Å². The molecule has 1 fully saturated rings. The summed E-state index contributed by atoms with van der Waals surface area (Å²) in [6.07, 6.45) is 2.25. The number of hydrogen-bond donors (Lipinski definition) is 1. The molecule has 2 aromatic carbocycles. The van der Waals surface area contributed by atoms with Crippen LogP contribution in [-0.2, 0) is 9.47 Å². The molecule has 2 aromatic rings. The molecular weight excluding hydrogens is 432 g/mol. The Hall–Kier alpha value is -3.19. The van der Waals surface area contributed by atoms with Crippen molar-refractivity contribution in [2.24, 2.45) is 0 Å². The van der Waals surface area contributed by atoms with E-state index < -0.39 is 0 Å². The highest BCUT2D eigenvalue weighted by molar-refractivity contribution is 5.91. The van der Waals surface area contributed by atoms with Crippen molar-refractivity contribution in [2.45, 2.75) is 38.8 Å². The molecule has 3 aliphatic heterocycles. The van der Waals surface area contributed by atoms with Gasteiger partial charge in [-0.3, -0.25) is 0 Å². The number of nitrogens with one attached hydrogen (secondary N) is 1. The zero-order chi connectivity index (χ0) is 23.9. The molecule has 3 aliphatic rings. The van der Waals surface area contributed by atoms with E-state index >= 15 is 0 Å². The van der Waals surface area contributed by atoms with Crippen LogP contribution in [0.3, 0.4) is 0 Å². The van der Waals surface area contributed by atoms with E-state index in [1.165, 1.54) is 5.57 Å².